The van der Waals surface area contributed by atoms with Gasteiger partial charge in [-0.1, -0.05) is 0 Å². The quantitative estimate of drug-likeness (QED) is 0.943. The highest BCUT2D eigenvalue weighted by Crippen LogP contribution is 2.40. The molecule has 2 heterocycles. The van der Waals surface area contributed by atoms with Crippen LogP contribution in [0.1, 0.15) is 35.8 Å². The largest absolute Gasteiger partial charge is 0.522 e. The van der Waals surface area contributed by atoms with E-state index in [-0.39, 0.29) is 5.92 Å². The van der Waals surface area contributed by atoms with Gasteiger partial charge in [-0.05, 0) is 30.5 Å². The van der Waals surface area contributed by atoms with Crippen molar-refractivity contribution in [3.05, 3.63) is 47.8 Å². The Hall–Kier alpha value is -1.89. The van der Waals surface area contributed by atoms with Crippen LogP contribution < -0.4 is 0 Å². The van der Waals surface area contributed by atoms with Crippen LogP contribution in [0.25, 0.3) is 0 Å². The second kappa shape index (κ2) is 5.48. The Bertz CT molecular complexity index is 591. The van der Waals surface area contributed by atoms with E-state index < -0.39 is 12.5 Å². The number of hydrogen-bond donors (Lipinski definition) is 1. The number of halogens is 3. The van der Waals surface area contributed by atoms with Crippen molar-refractivity contribution in [3.8, 4) is 0 Å². The topological polar surface area (TPSA) is 50.8 Å². The molecule has 1 aliphatic rings. The Balaban J connectivity index is 1.55. The fourth-order valence-corrected chi connectivity index (χ4v) is 2.47. The highest BCUT2D eigenvalue weighted by Gasteiger charge is 2.41. The van der Waals surface area contributed by atoms with Crippen molar-refractivity contribution in [2.24, 2.45) is 0 Å². The fraction of sp³-hybridized carbons (Fsp3) is 0.429. The first kappa shape index (κ1) is 14.1. The van der Waals surface area contributed by atoms with E-state index in [0.717, 1.165) is 17.1 Å². The van der Waals surface area contributed by atoms with E-state index in [1.54, 1.807) is 18.6 Å². The van der Waals surface area contributed by atoms with Crippen LogP contribution in [0.15, 0.2) is 30.7 Å². The molecule has 0 bridgehead atoms. The normalized spacial score (nSPS) is 22.0. The minimum Gasteiger partial charge on any atom is -0.345 e. The van der Waals surface area contributed by atoms with Crippen molar-refractivity contribution in [2.75, 3.05) is 0 Å². The van der Waals surface area contributed by atoms with Crippen molar-refractivity contribution in [1.29, 1.82) is 0 Å². The molecule has 2 aromatic heterocycles. The van der Waals surface area contributed by atoms with Gasteiger partial charge in [0.25, 0.3) is 0 Å². The van der Waals surface area contributed by atoms with Gasteiger partial charge in [0, 0.05) is 36.6 Å². The molecule has 0 spiro atoms. The lowest BCUT2D eigenvalue weighted by molar-refractivity contribution is -0.352. The number of aromatic nitrogens is 3. The Morgan fingerprint density at radius 3 is 2.62 bits per heavy atom. The molecule has 0 aromatic carbocycles. The third kappa shape index (κ3) is 3.60. The van der Waals surface area contributed by atoms with E-state index in [4.69, 9.17) is 0 Å². The number of rotatable bonds is 4. The number of nitrogens with zero attached hydrogens (tertiary/aromatic N) is 2. The molecule has 1 saturated carbocycles. The molecule has 21 heavy (non-hydrogen) atoms. The summed E-state index contributed by atoms with van der Waals surface area (Å²) in [5.74, 6) is 0.754. The minimum absolute atomic E-state index is 0.0172. The molecule has 0 radical (unpaired) electrons. The first-order valence-corrected chi connectivity index (χ1v) is 6.67. The van der Waals surface area contributed by atoms with Crippen LogP contribution in [0, 0.1) is 0 Å². The lowest BCUT2D eigenvalue weighted by Crippen LogP contribution is -2.35. The number of alkyl halides is 3. The van der Waals surface area contributed by atoms with Gasteiger partial charge in [-0.3, -0.25) is 9.72 Å². The Labute approximate surface area is 119 Å². The molecule has 112 valence electrons. The van der Waals surface area contributed by atoms with E-state index in [1.807, 2.05) is 12.1 Å². The lowest BCUT2D eigenvalue weighted by atomic mass is 9.82. The maximum atomic E-state index is 12.1. The zero-order valence-corrected chi connectivity index (χ0v) is 11.1. The van der Waals surface area contributed by atoms with Crippen LogP contribution in [-0.4, -0.2) is 27.4 Å². The standard InChI is InChI=1S/C14H14F3N3O/c15-14(16,17)21-12-6-10(7-12)13-19-8-11(20-13)5-9-1-3-18-4-2-9/h1-4,8,10,12H,5-7H2,(H,19,20). The molecular weight excluding hydrogens is 283 g/mol. The first-order valence-electron chi connectivity index (χ1n) is 6.67. The predicted molar refractivity (Wildman–Crippen MR) is 68.5 cm³/mol. The van der Waals surface area contributed by atoms with E-state index in [1.165, 1.54) is 0 Å². The van der Waals surface area contributed by atoms with Gasteiger partial charge in [0.15, 0.2) is 0 Å². The van der Waals surface area contributed by atoms with Crippen molar-refractivity contribution in [1.82, 2.24) is 15.0 Å². The number of hydrogen-bond acceptors (Lipinski definition) is 3. The fourth-order valence-electron chi connectivity index (χ4n) is 2.47. The molecule has 2 aromatic rings. The SMILES string of the molecule is FC(F)(F)OC1CC(c2ncc(Cc3ccncc3)[nH]2)C1. The number of ether oxygens (including phenoxy) is 1. The van der Waals surface area contributed by atoms with Crippen LogP contribution in [0.2, 0.25) is 0 Å². The highest BCUT2D eigenvalue weighted by atomic mass is 19.4. The Kier molecular flexibility index (Phi) is 3.67. The molecule has 1 N–H and O–H groups in total. The predicted octanol–water partition coefficient (Wildman–Crippen LogP) is 3.18. The molecular formula is C14H14F3N3O. The van der Waals surface area contributed by atoms with Gasteiger partial charge in [-0.25, -0.2) is 4.98 Å². The molecule has 4 nitrogen and oxygen atoms in total. The summed E-state index contributed by atoms with van der Waals surface area (Å²) in [7, 11) is 0. The summed E-state index contributed by atoms with van der Waals surface area (Å²) in [6.45, 7) is 0. The van der Waals surface area contributed by atoms with Gasteiger partial charge >= 0.3 is 6.36 Å². The number of nitrogens with one attached hydrogen (secondary N) is 1. The maximum absolute atomic E-state index is 12.1. The number of H-pyrrole nitrogens is 1. The summed E-state index contributed by atoms with van der Waals surface area (Å²) in [5.41, 5.74) is 2.04. The van der Waals surface area contributed by atoms with Crippen LogP contribution in [0.5, 0.6) is 0 Å². The Morgan fingerprint density at radius 1 is 1.24 bits per heavy atom. The average Bonchev–Trinajstić information content (AvgIpc) is 2.81. The molecule has 1 fully saturated rings. The van der Waals surface area contributed by atoms with Crippen molar-refractivity contribution in [2.45, 2.75) is 37.6 Å². The smallest absolute Gasteiger partial charge is 0.345 e. The summed E-state index contributed by atoms with van der Waals surface area (Å²) >= 11 is 0. The van der Waals surface area contributed by atoms with Gasteiger partial charge in [-0.2, -0.15) is 0 Å². The van der Waals surface area contributed by atoms with E-state index in [9.17, 15) is 13.2 Å². The van der Waals surface area contributed by atoms with Crippen LogP contribution in [-0.2, 0) is 11.2 Å². The third-order valence-corrected chi connectivity index (χ3v) is 3.57. The third-order valence-electron chi connectivity index (χ3n) is 3.57. The zero-order valence-electron chi connectivity index (χ0n) is 11.1. The van der Waals surface area contributed by atoms with E-state index in [0.29, 0.717) is 19.3 Å². The highest BCUT2D eigenvalue weighted by molar-refractivity contribution is 5.19. The number of aromatic amines is 1. The first-order chi connectivity index (χ1) is 9.99. The van der Waals surface area contributed by atoms with E-state index in [2.05, 4.69) is 19.7 Å². The van der Waals surface area contributed by atoms with Gasteiger partial charge < -0.3 is 4.98 Å². The van der Waals surface area contributed by atoms with Gasteiger partial charge in [0.05, 0.1) is 6.10 Å². The molecule has 0 aliphatic heterocycles. The summed E-state index contributed by atoms with van der Waals surface area (Å²) in [6.07, 6.45) is 1.27. The monoisotopic (exact) mass is 297 g/mol. The van der Waals surface area contributed by atoms with Crippen molar-refractivity contribution in [3.63, 3.8) is 0 Å². The maximum Gasteiger partial charge on any atom is 0.522 e. The molecule has 1 aliphatic carbocycles. The number of pyridine rings is 1. The van der Waals surface area contributed by atoms with Crippen LogP contribution in [0.3, 0.4) is 0 Å². The molecule has 0 unspecified atom stereocenters. The Morgan fingerprint density at radius 2 is 1.95 bits per heavy atom. The van der Waals surface area contributed by atoms with Gasteiger partial charge in [-0.15, -0.1) is 13.2 Å². The summed E-state index contributed by atoms with van der Waals surface area (Å²) in [5, 5.41) is 0. The van der Waals surface area contributed by atoms with E-state index >= 15 is 0 Å². The summed E-state index contributed by atoms with van der Waals surface area (Å²) < 4.78 is 40.1. The van der Waals surface area contributed by atoms with Gasteiger partial charge in [0.2, 0.25) is 0 Å². The summed E-state index contributed by atoms with van der Waals surface area (Å²) in [4.78, 5) is 11.4. The lowest BCUT2D eigenvalue weighted by Gasteiger charge is -2.34. The van der Waals surface area contributed by atoms with Crippen molar-refractivity contribution < 1.29 is 17.9 Å². The van der Waals surface area contributed by atoms with Gasteiger partial charge in [0.1, 0.15) is 5.82 Å². The molecule has 0 saturated heterocycles. The molecule has 0 amide bonds. The minimum atomic E-state index is -4.55. The second-order valence-corrected chi connectivity index (χ2v) is 5.18. The second-order valence-electron chi connectivity index (χ2n) is 5.18. The molecule has 3 rings (SSSR count). The van der Waals surface area contributed by atoms with Crippen molar-refractivity contribution >= 4 is 0 Å². The number of imidazole rings is 1. The molecule has 0 atom stereocenters. The summed E-state index contributed by atoms with van der Waals surface area (Å²) in [6, 6.07) is 3.83. The molecule has 7 heteroatoms. The van der Waals surface area contributed by atoms with Crippen LogP contribution in [0.4, 0.5) is 13.2 Å². The average molecular weight is 297 g/mol. The van der Waals surface area contributed by atoms with Crippen LogP contribution >= 0.6 is 0 Å². The zero-order chi connectivity index (χ0) is 14.9.